The normalized spacial score (nSPS) is 17.6. The van der Waals surface area contributed by atoms with Crippen molar-refractivity contribution in [1.29, 1.82) is 0 Å². The van der Waals surface area contributed by atoms with E-state index in [1.807, 2.05) is 0 Å². The van der Waals surface area contributed by atoms with Crippen LogP contribution in [0.3, 0.4) is 0 Å². The lowest BCUT2D eigenvalue weighted by atomic mass is 10.2. The molecule has 0 N–H and O–H groups in total. The van der Waals surface area contributed by atoms with Crippen LogP contribution in [-0.4, -0.2) is 37.1 Å². The van der Waals surface area contributed by atoms with E-state index in [1.54, 1.807) is 36.2 Å². The summed E-state index contributed by atoms with van der Waals surface area (Å²) < 4.78 is 24.1. The summed E-state index contributed by atoms with van der Waals surface area (Å²) in [6, 6.07) is 9.34. The molecule has 0 spiro atoms. The summed E-state index contributed by atoms with van der Waals surface area (Å²) in [5, 5.41) is 0. The van der Waals surface area contributed by atoms with Gasteiger partial charge in [0.1, 0.15) is 11.6 Å². The third-order valence-corrected chi connectivity index (χ3v) is 3.79. The molecule has 1 aromatic carbocycles. The highest BCUT2D eigenvalue weighted by molar-refractivity contribution is 5.92. The van der Waals surface area contributed by atoms with E-state index in [1.165, 1.54) is 12.1 Å². The lowest BCUT2D eigenvalue weighted by molar-refractivity contribution is 0.0564. The van der Waals surface area contributed by atoms with Crippen LogP contribution in [0.2, 0.25) is 0 Å². The van der Waals surface area contributed by atoms with Crippen LogP contribution in [0, 0.1) is 5.82 Å². The third-order valence-electron chi connectivity index (χ3n) is 3.79. The van der Waals surface area contributed by atoms with Crippen molar-refractivity contribution in [3.63, 3.8) is 0 Å². The molecule has 5 heteroatoms. The van der Waals surface area contributed by atoms with E-state index < -0.39 is 0 Å². The van der Waals surface area contributed by atoms with Crippen molar-refractivity contribution in [1.82, 2.24) is 4.90 Å². The van der Waals surface area contributed by atoms with Crippen LogP contribution in [0.1, 0.15) is 23.4 Å². The molecule has 22 heavy (non-hydrogen) atoms. The molecule has 116 valence electrons. The number of hydrogen-bond acceptors (Lipinski definition) is 3. The number of carbonyl (C=O) groups is 1. The number of hydrogen-bond donors (Lipinski definition) is 0. The summed E-state index contributed by atoms with van der Waals surface area (Å²) in [4.78, 5) is 14.0. The summed E-state index contributed by atoms with van der Waals surface area (Å²) in [6.45, 7) is 1.33. The Morgan fingerprint density at radius 1 is 1.27 bits per heavy atom. The number of benzene rings is 1. The van der Waals surface area contributed by atoms with Gasteiger partial charge in [0.25, 0.3) is 5.91 Å². The van der Waals surface area contributed by atoms with Crippen molar-refractivity contribution in [2.24, 2.45) is 0 Å². The summed E-state index contributed by atoms with van der Waals surface area (Å²) in [5.74, 6) is 0.348. The molecule has 1 unspecified atom stereocenters. The van der Waals surface area contributed by atoms with Gasteiger partial charge in [-0.3, -0.25) is 4.79 Å². The van der Waals surface area contributed by atoms with E-state index in [9.17, 15) is 9.18 Å². The molecule has 1 aliphatic rings. The van der Waals surface area contributed by atoms with E-state index in [4.69, 9.17) is 9.15 Å². The topological polar surface area (TPSA) is 42.7 Å². The fourth-order valence-corrected chi connectivity index (χ4v) is 2.59. The van der Waals surface area contributed by atoms with Crippen molar-refractivity contribution < 1.29 is 18.3 Å². The van der Waals surface area contributed by atoms with Crippen molar-refractivity contribution >= 4 is 5.91 Å². The van der Waals surface area contributed by atoms with Crippen LogP contribution >= 0.6 is 0 Å². The van der Waals surface area contributed by atoms with Crippen LogP contribution in [-0.2, 0) is 4.74 Å². The van der Waals surface area contributed by atoms with Gasteiger partial charge >= 0.3 is 0 Å². The molecule has 1 amide bonds. The van der Waals surface area contributed by atoms with Gasteiger partial charge in [0, 0.05) is 25.8 Å². The molecule has 1 aromatic heterocycles. The molecule has 2 aromatic rings. The lowest BCUT2D eigenvalue weighted by Crippen LogP contribution is -2.33. The predicted octanol–water partition coefficient (Wildman–Crippen LogP) is 3.34. The second-order valence-corrected chi connectivity index (χ2v) is 5.49. The van der Waals surface area contributed by atoms with Crippen molar-refractivity contribution in [2.75, 3.05) is 20.2 Å². The molecule has 0 bridgehead atoms. The van der Waals surface area contributed by atoms with E-state index in [0.717, 1.165) is 25.0 Å². The first-order valence-electron chi connectivity index (χ1n) is 7.36. The molecule has 1 saturated heterocycles. The van der Waals surface area contributed by atoms with Crippen LogP contribution in [0.5, 0.6) is 0 Å². The molecule has 0 aliphatic carbocycles. The second kappa shape index (κ2) is 6.32. The standard InChI is InChI=1S/C17H18FNO3/c1-19(11-14-3-2-10-21-14)17(20)16-9-8-15(22-16)12-4-6-13(18)7-5-12/h4-9,14H,2-3,10-11H2,1H3. The molecule has 1 aliphatic heterocycles. The van der Waals surface area contributed by atoms with Crippen LogP contribution in [0.4, 0.5) is 4.39 Å². The Morgan fingerprint density at radius 2 is 2.05 bits per heavy atom. The van der Waals surface area contributed by atoms with Gasteiger partial charge in [0.05, 0.1) is 6.10 Å². The Hall–Kier alpha value is -2.14. The maximum Gasteiger partial charge on any atom is 0.289 e. The monoisotopic (exact) mass is 303 g/mol. The Morgan fingerprint density at radius 3 is 2.73 bits per heavy atom. The molecule has 3 rings (SSSR count). The lowest BCUT2D eigenvalue weighted by Gasteiger charge is -2.19. The number of likely N-dealkylation sites (N-methyl/N-ethyl adjacent to an activating group) is 1. The van der Waals surface area contributed by atoms with Crippen LogP contribution < -0.4 is 0 Å². The summed E-state index contributed by atoms with van der Waals surface area (Å²) >= 11 is 0. The molecule has 0 saturated carbocycles. The quantitative estimate of drug-likeness (QED) is 0.870. The van der Waals surface area contributed by atoms with Gasteiger partial charge in [-0.1, -0.05) is 0 Å². The number of rotatable bonds is 4. The molecular weight excluding hydrogens is 285 g/mol. The SMILES string of the molecule is CN(CC1CCCO1)C(=O)c1ccc(-c2ccc(F)cc2)o1. The van der Waals surface area contributed by atoms with E-state index in [0.29, 0.717) is 12.3 Å². The largest absolute Gasteiger partial charge is 0.451 e. The first-order chi connectivity index (χ1) is 10.6. The fourth-order valence-electron chi connectivity index (χ4n) is 2.59. The van der Waals surface area contributed by atoms with Crippen molar-refractivity contribution in [3.8, 4) is 11.3 Å². The summed E-state index contributed by atoms with van der Waals surface area (Å²) in [5.41, 5.74) is 0.738. The van der Waals surface area contributed by atoms with E-state index >= 15 is 0 Å². The van der Waals surface area contributed by atoms with Gasteiger partial charge in [-0.2, -0.15) is 0 Å². The molecular formula is C17H18FNO3. The van der Waals surface area contributed by atoms with Gasteiger partial charge in [0.2, 0.25) is 0 Å². The average Bonchev–Trinajstić information content (AvgIpc) is 3.18. The smallest absolute Gasteiger partial charge is 0.289 e. The number of carbonyl (C=O) groups excluding carboxylic acids is 1. The van der Waals surface area contributed by atoms with Crippen LogP contribution in [0.15, 0.2) is 40.8 Å². The number of amides is 1. The van der Waals surface area contributed by atoms with Crippen LogP contribution in [0.25, 0.3) is 11.3 Å². The number of ether oxygens (including phenoxy) is 1. The minimum absolute atomic E-state index is 0.112. The Bertz CT molecular complexity index is 644. The van der Waals surface area contributed by atoms with Gasteiger partial charge in [-0.15, -0.1) is 0 Å². The molecule has 0 radical (unpaired) electrons. The highest BCUT2D eigenvalue weighted by atomic mass is 19.1. The number of nitrogens with zero attached hydrogens (tertiary/aromatic N) is 1. The summed E-state index contributed by atoms with van der Waals surface area (Å²) in [6.07, 6.45) is 2.14. The van der Waals surface area contributed by atoms with Gasteiger partial charge in [0.15, 0.2) is 5.76 Å². The number of furan rings is 1. The van der Waals surface area contributed by atoms with Gasteiger partial charge < -0.3 is 14.1 Å². The second-order valence-electron chi connectivity index (χ2n) is 5.49. The Balaban J connectivity index is 1.69. The maximum absolute atomic E-state index is 12.9. The Kier molecular flexibility index (Phi) is 4.24. The van der Waals surface area contributed by atoms with Crippen molar-refractivity contribution in [3.05, 3.63) is 48.0 Å². The Labute approximate surface area is 128 Å². The number of halogens is 1. The highest BCUT2D eigenvalue weighted by Crippen LogP contribution is 2.23. The minimum atomic E-state index is -0.303. The third kappa shape index (κ3) is 3.20. The molecule has 1 fully saturated rings. The first-order valence-corrected chi connectivity index (χ1v) is 7.36. The molecule has 4 nitrogen and oxygen atoms in total. The molecule has 1 atom stereocenters. The zero-order valence-electron chi connectivity index (χ0n) is 12.4. The predicted molar refractivity (Wildman–Crippen MR) is 80.0 cm³/mol. The average molecular weight is 303 g/mol. The zero-order chi connectivity index (χ0) is 15.5. The van der Waals surface area contributed by atoms with E-state index in [-0.39, 0.29) is 23.6 Å². The zero-order valence-corrected chi connectivity index (χ0v) is 12.4. The highest BCUT2D eigenvalue weighted by Gasteiger charge is 2.22. The molecule has 2 heterocycles. The maximum atomic E-state index is 12.9. The van der Waals surface area contributed by atoms with Crippen molar-refractivity contribution in [2.45, 2.75) is 18.9 Å². The summed E-state index contributed by atoms with van der Waals surface area (Å²) in [7, 11) is 1.74. The van der Waals surface area contributed by atoms with Gasteiger partial charge in [-0.05, 0) is 49.2 Å². The van der Waals surface area contributed by atoms with Gasteiger partial charge in [-0.25, -0.2) is 4.39 Å². The minimum Gasteiger partial charge on any atom is -0.451 e. The van der Waals surface area contributed by atoms with E-state index in [2.05, 4.69) is 0 Å². The first kappa shape index (κ1) is 14.8. The fraction of sp³-hybridized carbons (Fsp3) is 0.353.